The maximum absolute atomic E-state index is 4.35. The van der Waals surface area contributed by atoms with Gasteiger partial charge in [-0.3, -0.25) is 4.68 Å². The number of nitrogens with one attached hydrogen (secondary N) is 1. The standard InChI is InChI=1S/C13H17N3/c1-4-10-5-7-11(8-6-10)12-9-13(14-2)15-16(12)3/h5-9H,4H2,1-3H3,(H,14,15). The van der Waals surface area contributed by atoms with Gasteiger partial charge >= 0.3 is 0 Å². The number of nitrogens with zero attached hydrogens (tertiary/aromatic N) is 2. The minimum atomic E-state index is 0.900. The monoisotopic (exact) mass is 215 g/mol. The van der Waals surface area contributed by atoms with Crippen LogP contribution in [-0.2, 0) is 13.5 Å². The molecule has 1 aromatic carbocycles. The molecule has 0 saturated carbocycles. The Labute approximate surface area is 96.1 Å². The maximum atomic E-state index is 4.35. The van der Waals surface area contributed by atoms with E-state index < -0.39 is 0 Å². The molecule has 16 heavy (non-hydrogen) atoms. The smallest absolute Gasteiger partial charge is 0.148 e. The summed E-state index contributed by atoms with van der Waals surface area (Å²) in [6.45, 7) is 2.16. The molecule has 0 aliphatic carbocycles. The van der Waals surface area contributed by atoms with Crippen molar-refractivity contribution in [3.8, 4) is 11.3 Å². The van der Waals surface area contributed by atoms with Crippen LogP contribution in [0.4, 0.5) is 5.82 Å². The number of anilines is 1. The molecule has 0 amide bonds. The first-order chi connectivity index (χ1) is 7.74. The molecule has 1 heterocycles. The fourth-order valence-corrected chi connectivity index (χ4v) is 1.77. The predicted molar refractivity (Wildman–Crippen MR) is 67.6 cm³/mol. The second-order valence-corrected chi connectivity index (χ2v) is 3.84. The Hall–Kier alpha value is -1.77. The number of benzene rings is 1. The van der Waals surface area contributed by atoms with Crippen LogP contribution in [0.15, 0.2) is 30.3 Å². The van der Waals surface area contributed by atoms with Crippen molar-refractivity contribution in [2.75, 3.05) is 12.4 Å². The van der Waals surface area contributed by atoms with E-state index >= 15 is 0 Å². The summed E-state index contributed by atoms with van der Waals surface area (Å²) in [6.07, 6.45) is 1.08. The van der Waals surface area contributed by atoms with E-state index in [1.54, 1.807) is 0 Å². The Kier molecular flexibility index (Phi) is 2.95. The minimum absolute atomic E-state index is 0.900. The molecule has 0 spiro atoms. The van der Waals surface area contributed by atoms with Crippen LogP contribution in [0.3, 0.4) is 0 Å². The zero-order chi connectivity index (χ0) is 11.5. The van der Waals surface area contributed by atoms with Crippen LogP contribution in [-0.4, -0.2) is 16.8 Å². The van der Waals surface area contributed by atoms with E-state index in [-0.39, 0.29) is 0 Å². The summed E-state index contributed by atoms with van der Waals surface area (Å²) in [4.78, 5) is 0. The Morgan fingerprint density at radius 1 is 1.25 bits per heavy atom. The fourth-order valence-electron chi connectivity index (χ4n) is 1.77. The van der Waals surface area contributed by atoms with Gasteiger partial charge in [-0.2, -0.15) is 5.10 Å². The summed E-state index contributed by atoms with van der Waals surface area (Å²) in [5.41, 5.74) is 3.69. The van der Waals surface area contributed by atoms with Crippen LogP contribution in [0.25, 0.3) is 11.3 Å². The Morgan fingerprint density at radius 2 is 1.94 bits per heavy atom. The molecule has 2 rings (SSSR count). The van der Waals surface area contributed by atoms with Gasteiger partial charge in [0.05, 0.1) is 5.69 Å². The number of aromatic nitrogens is 2. The molecule has 0 aliphatic heterocycles. The molecule has 3 nitrogen and oxygen atoms in total. The van der Waals surface area contributed by atoms with Crippen molar-refractivity contribution < 1.29 is 0 Å². The molecular weight excluding hydrogens is 198 g/mol. The zero-order valence-electron chi connectivity index (χ0n) is 9.99. The Morgan fingerprint density at radius 3 is 2.44 bits per heavy atom. The van der Waals surface area contributed by atoms with E-state index in [0.717, 1.165) is 17.9 Å². The van der Waals surface area contributed by atoms with Gasteiger partial charge in [-0.1, -0.05) is 31.2 Å². The largest absolute Gasteiger partial charge is 0.372 e. The molecule has 1 aromatic heterocycles. The van der Waals surface area contributed by atoms with Gasteiger partial charge < -0.3 is 5.32 Å². The molecule has 0 radical (unpaired) electrons. The van der Waals surface area contributed by atoms with Crippen LogP contribution < -0.4 is 5.32 Å². The lowest BCUT2D eigenvalue weighted by molar-refractivity contribution is 0.778. The highest BCUT2D eigenvalue weighted by Crippen LogP contribution is 2.22. The van der Waals surface area contributed by atoms with Crippen molar-refractivity contribution in [2.45, 2.75) is 13.3 Å². The number of aryl methyl sites for hydroxylation is 2. The lowest BCUT2D eigenvalue weighted by Crippen LogP contribution is -1.95. The average Bonchev–Trinajstić information content (AvgIpc) is 2.71. The van der Waals surface area contributed by atoms with Crippen molar-refractivity contribution in [3.63, 3.8) is 0 Å². The third kappa shape index (κ3) is 1.94. The molecular formula is C13H17N3. The first-order valence-corrected chi connectivity index (χ1v) is 5.55. The number of hydrogen-bond acceptors (Lipinski definition) is 2. The van der Waals surface area contributed by atoms with Crippen molar-refractivity contribution in [2.24, 2.45) is 7.05 Å². The quantitative estimate of drug-likeness (QED) is 0.853. The summed E-state index contributed by atoms with van der Waals surface area (Å²) in [5, 5.41) is 7.40. The van der Waals surface area contributed by atoms with E-state index in [0.29, 0.717) is 0 Å². The summed E-state index contributed by atoms with van der Waals surface area (Å²) < 4.78 is 1.90. The highest BCUT2D eigenvalue weighted by molar-refractivity contribution is 5.63. The molecule has 3 heteroatoms. The SMILES string of the molecule is CCc1ccc(-c2cc(NC)nn2C)cc1. The van der Waals surface area contributed by atoms with Gasteiger partial charge in [-0.25, -0.2) is 0 Å². The van der Waals surface area contributed by atoms with Gasteiger partial charge in [0.2, 0.25) is 0 Å². The van der Waals surface area contributed by atoms with Crippen molar-refractivity contribution >= 4 is 5.82 Å². The maximum Gasteiger partial charge on any atom is 0.148 e. The topological polar surface area (TPSA) is 29.9 Å². The summed E-state index contributed by atoms with van der Waals surface area (Å²) in [7, 11) is 3.84. The van der Waals surface area contributed by atoms with Crippen molar-refractivity contribution in [1.29, 1.82) is 0 Å². The van der Waals surface area contributed by atoms with E-state index in [4.69, 9.17) is 0 Å². The molecule has 0 bridgehead atoms. The van der Waals surface area contributed by atoms with Gasteiger partial charge in [0.1, 0.15) is 5.82 Å². The second kappa shape index (κ2) is 4.39. The third-order valence-corrected chi connectivity index (χ3v) is 2.79. The van der Waals surface area contributed by atoms with Gasteiger partial charge in [-0.05, 0) is 17.5 Å². The van der Waals surface area contributed by atoms with Gasteiger partial charge in [0, 0.05) is 20.2 Å². The molecule has 0 atom stereocenters. The highest BCUT2D eigenvalue weighted by Gasteiger charge is 2.05. The van der Waals surface area contributed by atoms with Crippen LogP contribution >= 0.6 is 0 Å². The molecule has 2 aromatic rings. The molecule has 0 unspecified atom stereocenters. The molecule has 0 aliphatic rings. The van der Waals surface area contributed by atoms with Crippen LogP contribution in [0.2, 0.25) is 0 Å². The van der Waals surface area contributed by atoms with Crippen LogP contribution in [0.1, 0.15) is 12.5 Å². The third-order valence-electron chi connectivity index (χ3n) is 2.79. The normalized spacial score (nSPS) is 10.4. The highest BCUT2D eigenvalue weighted by atomic mass is 15.3. The second-order valence-electron chi connectivity index (χ2n) is 3.84. The first-order valence-electron chi connectivity index (χ1n) is 5.55. The summed E-state index contributed by atoms with van der Waals surface area (Å²) in [5.74, 6) is 0.900. The van der Waals surface area contributed by atoms with Crippen LogP contribution in [0.5, 0.6) is 0 Å². The number of hydrogen-bond donors (Lipinski definition) is 1. The molecule has 0 saturated heterocycles. The van der Waals surface area contributed by atoms with E-state index in [1.165, 1.54) is 11.1 Å². The summed E-state index contributed by atoms with van der Waals surface area (Å²) >= 11 is 0. The molecule has 1 N–H and O–H groups in total. The molecule has 0 fully saturated rings. The van der Waals surface area contributed by atoms with Crippen molar-refractivity contribution in [1.82, 2.24) is 9.78 Å². The fraction of sp³-hybridized carbons (Fsp3) is 0.308. The lowest BCUT2D eigenvalue weighted by atomic mass is 10.1. The Bertz CT molecular complexity index is 468. The average molecular weight is 215 g/mol. The molecule has 84 valence electrons. The van der Waals surface area contributed by atoms with Gasteiger partial charge in [0.25, 0.3) is 0 Å². The Balaban J connectivity index is 2.38. The first kappa shape index (κ1) is 10.7. The van der Waals surface area contributed by atoms with E-state index in [2.05, 4.69) is 47.7 Å². The predicted octanol–water partition coefficient (Wildman–Crippen LogP) is 2.69. The lowest BCUT2D eigenvalue weighted by Gasteiger charge is -2.02. The van der Waals surface area contributed by atoms with Crippen LogP contribution in [0, 0.1) is 0 Å². The van der Waals surface area contributed by atoms with Gasteiger partial charge in [0.15, 0.2) is 0 Å². The van der Waals surface area contributed by atoms with Crippen molar-refractivity contribution in [3.05, 3.63) is 35.9 Å². The summed E-state index contributed by atoms with van der Waals surface area (Å²) in [6, 6.07) is 10.7. The zero-order valence-corrected chi connectivity index (χ0v) is 9.99. The number of rotatable bonds is 3. The minimum Gasteiger partial charge on any atom is -0.372 e. The van der Waals surface area contributed by atoms with Gasteiger partial charge in [-0.15, -0.1) is 0 Å². The van der Waals surface area contributed by atoms with E-state index in [1.807, 2.05) is 18.8 Å². The van der Waals surface area contributed by atoms with E-state index in [9.17, 15) is 0 Å².